The first kappa shape index (κ1) is 17.6. The van der Waals surface area contributed by atoms with Gasteiger partial charge in [-0.25, -0.2) is 0 Å². The number of rotatable bonds is 5. The molecule has 134 valence electrons. The average Bonchev–Trinajstić information content (AvgIpc) is 3.02. The number of carbonyl (C=O) groups is 1. The van der Waals surface area contributed by atoms with Crippen LogP contribution in [0.25, 0.3) is 0 Å². The summed E-state index contributed by atoms with van der Waals surface area (Å²) in [5.74, 6) is -0.0104. The number of ether oxygens (including phenoxy) is 1. The summed E-state index contributed by atoms with van der Waals surface area (Å²) in [4.78, 5) is 15.3. The molecule has 2 N–H and O–H groups in total. The van der Waals surface area contributed by atoms with Gasteiger partial charge in [-0.2, -0.15) is 4.37 Å². The van der Waals surface area contributed by atoms with Gasteiger partial charge in [-0.3, -0.25) is 9.69 Å². The van der Waals surface area contributed by atoms with E-state index in [1.807, 2.05) is 14.0 Å². The van der Waals surface area contributed by atoms with Gasteiger partial charge in [0.15, 0.2) is 0 Å². The molecular weight excluding hydrogens is 324 g/mol. The Hall–Kier alpha value is -1.18. The van der Waals surface area contributed by atoms with Crippen LogP contribution in [0.15, 0.2) is 0 Å². The molecule has 1 aliphatic carbocycles. The molecule has 24 heavy (non-hydrogen) atoms. The highest BCUT2D eigenvalue weighted by Crippen LogP contribution is 2.34. The summed E-state index contributed by atoms with van der Waals surface area (Å²) in [6.45, 7) is 6.14. The topological polar surface area (TPSA) is 66.5 Å². The maximum atomic E-state index is 12.7. The molecule has 6 nitrogen and oxygen atoms in total. The number of nitrogens with zero attached hydrogens (tertiary/aromatic N) is 2. The standard InChI is InChI=1S/C17H28N4O2S/c1-13-14(16(18-2)24-20-13)15(22)19-12-17(6-4-3-5-7-17)21-8-10-23-11-9-21/h18H,3-12H2,1-2H3,(H,19,22). The fourth-order valence-electron chi connectivity index (χ4n) is 3.99. The molecule has 0 atom stereocenters. The molecule has 0 spiro atoms. The third kappa shape index (κ3) is 3.58. The van der Waals surface area contributed by atoms with E-state index >= 15 is 0 Å². The Kier molecular flexibility index (Phi) is 5.73. The van der Waals surface area contributed by atoms with Crippen molar-refractivity contribution >= 4 is 22.4 Å². The van der Waals surface area contributed by atoms with Crippen LogP contribution in [0.3, 0.4) is 0 Å². The van der Waals surface area contributed by atoms with Crippen LogP contribution in [0.4, 0.5) is 5.00 Å². The summed E-state index contributed by atoms with van der Waals surface area (Å²) in [6, 6.07) is 0. The molecule has 2 aliphatic rings. The minimum atomic E-state index is -0.0104. The number of hydrogen-bond donors (Lipinski definition) is 2. The molecule has 1 amide bonds. The molecule has 3 rings (SSSR count). The molecule has 7 heteroatoms. The van der Waals surface area contributed by atoms with E-state index in [0.717, 1.165) is 49.8 Å². The van der Waals surface area contributed by atoms with Crippen molar-refractivity contribution in [2.75, 3.05) is 45.2 Å². The van der Waals surface area contributed by atoms with Crippen LogP contribution >= 0.6 is 11.5 Å². The lowest BCUT2D eigenvalue weighted by atomic mass is 9.79. The van der Waals surface area contributed by atoms with Crippen molar-refractivity contribution in [2.45, 2.75) is 44.6 Å². The van der Waals surface area contributed by atoms with Crippen molar-refractivity contribution < 1.29 is 9.53 Å². The highest BCUT2D eigenvalue weighted by Gasteiger charge is 2.39. The monoisotopic (exact) mass is 352 g/mol. The van der Waals surface area contributed by atoms with Gasteiger partial charge in [0.2, 0.25) is 0 Å². The number of anilines is 1. The van der Waals surface area contributed by atoms with Crippen LogP contribution in [-0.2, 0) is 4.74 Å². The molecule has 1 saturated carbocycles. The summed E-state index contributed by atoms with van der Waals surface area (Å²) in [6.07, 6.45) is 6.11. The number of hydrogen-bond acceptors (Lipinski definition) is 6. The number of morpholine rings is 1. The zero-order valence-electron chi connectivity index (χ0n) is 14.7. The van der Waals surface area contributed by atoms with Crippen LogP contribution < -0.4 is 10.6 Å². The average molecular weight is 353 g/mol. The molecule has 1 aromatic heterocycles. The second kappa shape index (κ2) is 7.80. The van der Waals surface area contributed by atoms with E-state index < -0.39 is 0 Å². The van der Waals surface area contributed by atoms with E-state index in [1.165, 1.54) is 30.8 Å². The van der Waals surface area contributed by atoms with E-state index in [9.17, 15) is 4.79 Å². The molecule has 2 fully saturated rings. The Morgan fingerprint density at radius 3 is 2.67 bits per heavy atom. The molecule has 0 aromatic carbocycles. The molecule has 1 saturated heterocycles. The number of carbonyl (C=O) groups excluding carboxylic acids is 1. The molecule has 1 aliphatic heterocycles. The first-order chi connectivity index (χ1) is 11.7. The van der Waals surface area contributed by atoms with E-state index in [2.05, 4.69) is 19.9 Å². The molecule has 2 heterocycles. The maximum Gasteiger partial charge on any atom is 0.256 e. The Bertz CT molecular complexity index is 563. The number of aryl methyl sites for hydroxylation is 1. The summed E-state index contributed by atoms with van der Waals surface area (Å²) < 4.78 is 9.82. The highest BCUT2D eigenvalue weighted by atomic mass is 32.1. The quantitative estimate of drug-likeness (QED) is 0.851. The lowest BCUT2D eigenvalue weighted by Crippen LogP contribution is -2.59. The van der Waals surface area contributed by atoms with Crippen molar-refractivity contribution in [3.63, 3.8) is 0 Å². The van der Waals surface area contributed by atoms with Gasteiger partial charge in [0.05, 0.1) is 24.5 Å². The Morgan fingerprint density at radius 1 is 1.29 bits per heavy atom. The van der Waals surface area contributed by atoms with Gasteiger partial charge in [0.25, 0.3) is 5.91 Å². The minimum absolute atomic E-state index is 0.0104. The Labute approximate surface area is 148 Å². The number of nitrogens with one attached hydrogen (secondary N) is 2. The van der Waals surface area contributed by atoms with Crippen molar-refractivity contribution in [1.29, 1.82) is 0 Å². The third-order valence-corrected chi connectivity index (χ3v) is 6.32. The van der Waals surface area contributed by atoms with Crippen LogP contribution in [0.2, 0.25) is 0 Å². The van der Waals surface area contributed by atoms with Gasteiger partial charge in [-0.1, -0.05) is 19.3 Å². The highest BCUT2D eigenvalue weighted by molar-refractivity contribution is 7.10. The van der Waals surface area contributed by atoms with Gasteiger partial charge in [-0.05, 0) is 31.3 Å². The molecule has 0 unspecified atom stereocenters. The van der Waals surface area contributed by atoms with Crippen LogP contribution in [0.1, 0.15) is 48.2 Å². The largest absolute Gasteiger partial charge is 0.379 e. The summed E-state index contributed by atoms with van der Waals surface area (Å²) in [5, 5.41) is 7.13. The van der Waals surface area contributed by atoms with Crippen molar-refractivity contribution in [3.05, 3.63) is 11.3 Å². The van der Waals surface area contributed by atoms with Gasteiger partial charge in [0, 0.05) is 32.2 Å². The van der Waals surface area contributed by atoms with Crippen molar-refractivity contribution in [2.24, 2.45) is 0 Å². The predicted octanol–water partition coefficient (Wildman–Crippen LogP) is 2.26. The SMILES string of the molecule is CNc1snc(C)c1C(=O)NCC1(N2CCOCC2)CCCCC1. The van der Waals surface area contributed by atoms with Gasteiger partial charge in [0.1, 0.15) is 5.00 Å². The fourth-order valence-corrected chi connectivity index (χ4v) is 4.74. The number of aromatic nitrogens is 1. The van der Waals surface area contributed by atoms with Crippen molar-refractivity contribution in [1.82, 2.24) is 14.6 Å². The second-order valence-corrected chi connectivity index (χ2v) is 7.56. The molecule has 1 aromatic rings. The molecule has 0 radical (unpaired) electrons. The molecule has 0 bridgehead atoms. The fraction of sp³-hybridized carbons (Fsp3) is 0.765. The Balaban J connectivity index is 1.71. The van der Waals surface area contributed by atoms with E-state index in [0.29, 0.717) is 12.1 Å². The second-order valence-electron chi connectivity index (χ2n) is 6.79. The van der Waals surface area contributed by atoms with Gasteiger partial charge >= 0.3 is 0 Å². The number of amides is 1. The lowest BCUT2D eigenvalue weighted by Gasteiger charge is -2.48. The first-order valence-corrected chi connectivity index (χ1v) is 9.69. The first-order valence-electron chi connectivity index (χ1n) is 8.91. The summed E-state index contributed by atoms with van der Waals surface area (Å²) in [5.41, 5.74) is 1.58. The molecular formula is C17H28N4O2S. The van der Waals surface area contributed by atoms with E-state index in [-0.39, 0.29) is 11.4 Å². The van der Waals surface area contributed by atoms with E-state index in [4.69, 9.17) is 4.74 Å². The predicted molar refractivity (Wildman–Crippen MR) is 96.9 cm³/mol. The van der Waals surface area contributed by atoms with Crippen LogP contribution in [0, 0.1) is 6.92 Å². The summed E-state index contributed by atoms with van der Waals surface area (Å²) in [7, 11) is 1.83. The smallest absolute Gasteiger partial charge is 0.256 e. The van der Waals surface area contributed by atoms with Crippen molar-refractivity contribution in [3.8, 4) is 0 Å². The van der Waals surface area contributed by atoms with Gasteiger partial charge in [-0.15, -0.1) is 0 Å². The van der Waals surface area contributed by atoms with E-state index in [1.54, 1.807) is 0 Å². The lowest BCUT2D eigenvalue weighted by molar-refractivity contribution is -0.0361. The zero-order valence-corrected chi connectivity index (χ0v) is 15.5. The van der Waals surface area contributed by atoms with Gasteiger partial charge < -0.3 is 15.4 Å². The van der Waals surface area contributed by atoms with Crippen LogP contribution in [-0.4, -0.2) is 60.6 Å². The Morgan fingerprint density at radius 2 is 2.00 bits per heavy atom. The third-order valence-electron chi connectivity index (χ3n) is 5.36. The summed E-state index contributed by atoms with van der Waals surface area (Å²) >= 11 is 1.34. The zero-order chi connectivity index (χ0) is 17.0. The maximum absolute atomic E-state index is 12.7. The normalized spacial score (nSPS) is 21.4. The van der Waals surface area contributed by atoms with Crippen LogP contribution in [0.5, 0.6) is 0 Å². The minimum Gasteiger partial charge on any atom is -0.379 e.